The van der Waals surface area contributed by atoms with Gasteiger partial charge in [0.05, 0.1) is 5.54 Å². The molecule has 0 aromatic carbocycles. The molecule has 1 heterocycles. The second-order valence-electron chi connectivity index (χ2n) is 4.41. The van der Waals surface area contributed by atoms with E-state index in [0.717, 1.165) is 24.6 Å². The molecule has 1 saturated carbocycles. The first-order valence-corrected chi connectivity index (χ1v) is 5.27. The fourth-order valence-corrected chi connectivity index (χ4v) is 2.06. The average molecular weight is 191 g/mol. The number of hydrogen-bond acceptors (Lipinski definition) is 3. The summed E-state index contributed by atoms with van der Waals surface area (Å²) < 4.78 is 0. The summed E-state index contributed by atoms with van der Waals surface area (Å²) in [5, 5.41) is 0. The van der Waals surface area contributed by atoms with Crippen molar-refractivity contribution < 1.29 is 0 Å². The molecule has 0 amide bonds. The van der Waals surface area contributed by atoms with E-state index in [1.165, 1.54) is 12.8 Å². The number of hydrogen-bond donors (Lipinski definition) is 1. The highest BCUT2D eigenvalue weighted by atomic mass is 15.0. The lowest BCUT2D eigenvalue weighted by molar-refractivity contribution is 0.237. The second-order valence-corrected chi connectivity index (χ2v) is 4.41. The van der Waals surface area contributed by atoms with Gasteiger partial charge < -0.3 is 5.73 Å². The molecule has 3 nitrogen and oxygen atoms in total. The Hall–Kier alpha value is -0.960. The summed E-state index contributed by atoms with van der Waals surface area (Å²) in [7, 11) is 0. The van der Waals surface area contributed by atoms with Crippen LogP contribution in [0.5, 0.6) is 0 Å². The molecule has 0 atom stereocenters. The monoisotopic (exact) mass is 191 g/mol. The quantitative estimate of drug-likeness (QED) is 0.737. The number of rotatable bonds is 1. The number of nitrogens with two attached hydrogens (primary N) is 1. The van der Waals surface area contributed by atoms with E-state index >= 15 is 0 Å². The highest BCUT2D eigenvalue weighted by Gasteiger charge is 2.33. The molecule has 14 heavy (non-hydrogen) atoms. The van der Waals surface area contributed by atoms with Crippen molar-refractivity contribution in [3.63, 3.8) is 0 Å². The molecule has 0 bridgehead atoms. The Bertz CT molecular complexity index is 289. The maximum Gasteiger partial charge on any atom is 0.147 e. The molecule has 0 aliphatic heterocycles. The van der Waals surface area contributed by atoms with Gasteiger partial charge in [0, 0.05) is 12.4 Å². The smallest absolute Gasteiger partial charge is 0.147 e. The van der Waals surface area contributed by atoms with Gasteiger partial charge in [-0.15, -0.1) is 0 Å². The summed E-state index contributed by atoms with van der Waals surface area (Å²) >= 11 is 0. The SMILES string of the molecule is CC1CCC(N)(c2ncccn2)CC1. The van der Waals surface area contributed by atoms with Gasteiger partial charge in [0.2, 0.25) is 0 Å². The Kier molecular flexibility index (Phi) is 2.50. The Balaban J connectivity index is 2.17. The summed E-state index contributed by atoms with van der Waals surface area (Å²) in [5.74, 6) is 1.61. The van der Waals surface area contributed by atoms with Crippen LogP contribution < -0.4 is 5.73 Å². The molecule has 0 saturated heterocycles. The molecule has 1 aliphatic rings. The largest absolute Gasteiger partial charge is 0.319 e. The van der Waals surface area contributed by atoms with Gasteiger partial charge in [-0.3, -0.25) is 0 Å². The van der Waals surface area contributed by atoms with Crippen molar-refractivity contribution in [1.82, 2.24) is 9.97 Å². The molecule has 76 valence electrons. The zero-order chi connectivity index (χ0) is 10.0. The Morgan fingerprint density at radius 1 is 1.29 bits per heavy atom. The van der Waals surface area contributed by atoms with Crippen LogP contribution in [0.15, 0.2) is 18.5 Å². The molecule has 2 N–H and O–H groups in total. The Morgan fingerprint density at radius 3 is 2.43 bits per heavy atom. The van der Waals surface area contributed by atoms with Gasteiger partial charge in [-0.25, -0.2) is 9.97 Å². The maximum absolute atomic E-state index is 6.32. The predicted molar refractivity (Wildman–Crippen MR) is 55.5 cm³/mol. The van der Waals surface area contributed by atoms with Crippen molar-refractivity contribution >= 4 is 0 Å². The van der Waals surface area contributed by atoms with Gasteiger partial charge in [-0.2, -0.15) is 0 Å². The van der Waals surface area contributed by atoms with Crippen LogP contribution >= 0.6 is 0 Å². The summed E-state index contributed by atoms with van der Waals surface area (Å²) in [6.45, 7) is 2.28. The van der Waals surface area contributed by atoms with Gasteiger partial charge in [-0.05, 0) is 37.7 Å². The third-order valence-corrected chi connectivity index (χ3v) is 3.18. The third-order valence-electron chi connectivity index (χ3n) is 3.18. The van der Waals surface area contributed by atoms with Gasteiger partial charge in [0.15, 0.2) is 0 Å². The minimum absolute atomic E-state index is 0.270. The fraction of sp³-hybridized carbons (Fsp3) is 0.636. The van der Waals surface area contributed by atoms with Crippen LogP contribution in [0.1, 0.15) is 38.4 Å². The van der Waals surface area contributed by atoms with E-state index in [9.17, 15) is 0 Å². The first-order valence-electron chi connectivity index (χ1n) is 5.27. The van der Waals surface area contributed by atoms with Crippen LogP contribution in [0.4, 0.5) is 0 Å². The highest BCUT2D eigenvalue weighted by molar-refractivity contribution is 5.06. The van der Waals surface area contributed by atoms with E-state index < -0.39 is 0 Å². The first kappa shape index (κ1) is 9.59. The van der Waals surface area contributed by atoms with Crippen molar-refractivity contribution in [3.8, 4) is 0 Å². The lowest BCUT2D eigenvalue weighted by Crippen LogP contribution is -2.41. The van der Waals surface area contributed by atoms with E-state index in [2.05, 4.69) is 16.9 Å². The maximum atomic E-state index is 6.32. The van der Waals surface area contributed by atoms with E-state index in [0.29, 0.717) is 0 Å². The topological polar surface area (TPSA) is 51.8 Å². The van der Waals surface area contributed by atoms with Gasteiger partial charge in [0.25, 0.3) is 0 Å². The van der Waals surface area contributed by atoms with E-state index in [-0.39, 0.29) is 5.54 Å². The van der Waals surface area contributed by atoms with Crippen molar-refractivity contribution in [2.45, 2.75) is 38.1 Å². The van der Waals surface area contributed by atoms with Crippen molar-refractivity contribution in [3.05, 3.63) is 24.3 Å². The molecule has 0 spiro atoms. The second kappa shape index (κ2) is 3.65. The number of nitrogens with zero attached hydrogens (tertiary/aromatic N) is 2. The highest BCUT2D eigenvalue weighted by Crippen LogP contribution is 2.35. The summed E-state index contributed by atoms with van der Waals surface area (Å²) in [4.78, 5) is 8.53. The average Bonchev–Trinajstić information content (AvgIpc) is 2.24. The van der Waals surface area contributed by atoms with Crippen LogP contribution in [-0.4, -0.2) is 9.97 Å². The van der Waals surface area contributed by atoms with E-state index in [4.69, 9.17) is 5.73 Å². The normalized spacial score (nSPS) is 32.9. The fourth-order valence-electron chi connectivity index (χ4n) is 2.06. The zero-order valence-corrected chi connectivity index (χ0v) is 8.61. The zero-order valence-electron chi connectivity index (χ0n) is 8.61. The molecular weight excluding hydrogens is 174 g/mol. The standard InChI is InChI=1S/C11H17N3/c1-9-3-5-11(12,6-4-9)10-13-7-2-8-14-10/h2,7-9H,3-6,12H2,1H3. The summed E-state index contributed by atoms with van der Waals surface area (Å²) in [6, 6.07) is 1.83. The minimum atomic E-state index is -0.270. The molecule has 1 aliphatic carbocycles. The van der Waals surface area contributed by atoms with Crippen molar-refractivity contribution in [1.29, 1.82) is 0 Å². The van der Waals surface area contributed by atoms with Gasteiger partial charge in [-0.1, -0.05) is 6.92 Å². The Labute approximate surface area is 84.8 Å². The number of aromatic nitrogens is 2. The molecule has 1 fully saturated rings. The molecular formula is C11H17N3. The lowest BCUT2D eigenvalue weighted by atomic mass is 9.77. The molecule has 0 radical (unpaired) electrons. The minimum Gasteiger partial charge on any atom is -0.319 e. The Morgan fingerprint density at radius 2 is 1.86 bits per heavy atom. The summed E-state index contributed by atoms with van der Waals surface area (Å²) in [5.41, 5.74) is 6.05. The molecule has 0 unspecified atom stereocenters. The predicted octanol–water partition coefficient (Wildman–Crippen LogP) is 1.84. The third kappa shape index (κ3) is 1.77. The molecule has 1 aromatic rings. The van der Waals surface area contributed by atoms with Gasteiger partial charge >= 0.3 is 0 Å². The first-order chi connectivity index (χ1) is 6.71. The van der Waals surface area contributed by atoms with Crippen LogP contribution in [0, 0.1) is 5.92 Å². The summed E-state index contributed by atoms with van der Waals surface area (Å²) in [6.07, 6.45) is 7.95. The van der Waals surface area contributed by atoms with E-state index in [1.807, 2.05) is 6.07 Å². The van der Waals surface area contributed by atoms with Gasteiger partial charge in [0.1, 0.15) is 5.82 Å². The van der Waals surface area contributed by atoms with E-state index in [1.54, 1.807) is 12.4 Å². The van der Waals surface area contributed by atoms with Crippen molar-refractivity contribution in [2.24, 2.45) is 11.7 Å². The van der Waals surface area contributed by atoms with Crippen LogP contribution in [0.3, 0.4) is 0 Å². The molecule has 1 aromatic heterocycles. The van der Waals surface area contributed by atoms with Crippen molar-refractivity contribution in [2.75, 3.05) is 0 Å². The van der Waals surface area contributed by atoms with Crippen LogP contribution in [0.25, 0.3) is 0 Å². The lowest BCUT2D eigenvalue weighted by Gasteiger charge is -2.34. The molecule has 2 rings (SSSR count). The van der Waals surface area contributed by atoms with Crippen LogP contribution in [0.2, 0.25) is 0 Å². The van der Waals surface area contributed by atoms with Crippen LogP contribution in [-0.2, 0) is 5.54 Å². The molecule has 3 heteroatoms.